The number of thiazole rings is 1. The summed E-state index contributed by atoms with van der Waals surface area (Å²) >= 11 is 1.62. The summed E-state index contributed by atoms with van der Waals surface area (Å²) in [5, 5.41) is 10.0. The highest BCUT2D eigenvalue weighted by Gasteiger charge is 2.45. The van der Waals surface area contributed by atoms with E-state index in [0.29, 0.717) is 0 Å². The molecule has 1 aliphatic heterocycles. The molecule has 3 nitrogen and oxygen atoms in total. The number of aliphatic hydroxyl groups is 1. The van der Waals surface area contributed by atoms with Gasteiger partial charge >= 0.3 is 0 Å². The van der Waals surface area contributed by atoms with Gasteiger partial charge in [0.15, 0.2) is 5.13 Å². The maximum absolute atomic E-state index is 8.91. The van der Waals surface area contributed by atoms with Gasteiger partial charge in [-0.05, 0) is 18.3 Å². The smallest absolute Gasteiger partial charge is 0.185 e. The molecule has 2 atom stereocenters. The molecule has 2 unspecified atom stereocenters. The first-order chi connectivity index (χ1) is 6.36. The predicted octanol–water partition coefficient (Wildman–Crippen LogP) is 1.09. The molecular weight excluding hydrogens is 184 g/mol. The Bertz CT molecular complexity index is 315. The fourth-order valence-electron chi connectivity index (χ4n) is 2.07. The molecule has 1 aromatic rings. The number of rotatable bonds is 2. The van der Waals surface area contributed by atoms with Crippen molar-refractivity contribution >= 4 is 16.5 Å². The Morgan fingerprint density at radius 1 is 1.54 bits per heavy atom. The zero-order chi connectivity index (χ0) is 8.84. The molecule has 0 radical (unpaired) electrons. The van der Waals surface area contributed by atoms with E-state index in [-0.39, 0.29) is 6.61 Å². The summed E-state index contributed by atoms with van der Waals surface area (Å²) in [5.41, 5.74) is 0. The molecule has 1 aromatic heterocycles. The van der Waals surface area contributed by atoms with E-state index in [1.807, 2.05) is 0 Å². The number of fused-ring (bicyclic) bond motifs is 1. The minimum atomic E-state index is 0.123. The summed E-state index contributed by atoms with van der Waals surface area (Å²) in [6, 6.07) is 0. The Balaban J connectivity index is 1.77. The van der Waals surface area contributed by atoms with Crippen LogP contribution in [0.3, 0.4) is 0 Å². The summed E-state index contributed by atoms with van der Waals surface area (Å²) in [6.07, 6.45) is 3.21. The Morgan fingerprint density at radius 3 is 2.92 bits per heavy atom. The normalized spacial score (nSPS) is 30.7. The first kappa shape index (κ1) is 7.76. The van der Waals surface area contributed by atoms with E-state index in [1.54, 1.807) is 17.5 Å². The van der Waals surface area contributed by atoms with E-state index in [2.05, 4.69) is 9.88 Å². The van der Waals surface area contributed by atoms with Gasteiger partial charge in [0.25, 0.3) is 0 Å². The molecule has 0 amide bonds. The van der Waals surface area contributed by atoms with Crippen molar-refractivity contribution in [2.45, 2.75) is 13.0 Å². The number of aromatic nitrogens is 1. The molecule has 1 saturated carbocycles. The van der Waals surface area contributed by atoms with Gasteiger partial charge in [-0.3, -0.25) is 0 Å². The van der Waals surface area contributed by atoms with Gasteiger partial charge in [-0.15, -0.1) is 0 Å². The lowest BCUT2D eigenvalue weighted by Gasteiger charge is -2.15. The van der Waals surface area contributed by atoms with Crippen LogP contribution in [0.2, 0.25) is 0 Å². The monoisotopic (exact) mass is 196 g/mol. The minimum absolute atomic E-state index is 0.123. The SMILES string of the molecule is OCc1cnc(N2CC3CC3C2)s1. The third-order valence-corrected chi connectivity index (χ3v) is 3.99. The molecule has 13 heavy (non-hydrogen) atoms. The highest BCUT2D eigenvalue weighted by atomic mass is 32.1. The molecule has 2 heterocycles. The van der Waals surface area contributed by atoms with Gasteiger partial charge in [0.05, 0.1) is 11.5 Å². The molecule has 2 fully saturated rings. The highest BCUT2D eigenvalue weighted by molar-refractivity contribution is 7.15. The second-order valence-corrected chi connectivity index (χ2v) is 5.02. The van der Waals surface area contributed by atoms with E-state index in [1.165, 1.54) is 19.5 Å². The molecule has 1 aliphatic carbocycles. The van der Waals surface area contributed by atoms with Crippen LogP contribution in [0, 0.1) is 11.8 Å². The number of nitrogens with zero attached hydrogens (tertiary/aromatic N) is 2. The molecule has 0 spiro atoms. The van der Waals surface area contributed by atoms with Gasteiger partial charge in [0.2, 0.25) is 0 Å². The molecule has 1 saturated heterocycles. The van der Waals surface area contributed by atoms with E-state index >= 15 is 0 Å². The van der Waals surface area contributed by atoms with Crippen molar-refractivity contribution in [3.8, 4) is 0 Å². The molecule has 0 bridgehead atoms. The van der Waals surface area contributed by atoms with Crippen molar-refractivity contribution in [3.05, 3.63) is 11.1 Å². The van der Waals surface area contributed by atoms with Crippen molar-refractivity contribution in [2.75, 3.05) is 18.0 Å². The lowest BCUT2D eigenvalue weighted by atomic mass is 10.4. The summed E-state index contributed by atoms with van der Waals surface area (Å²) in [6.45, 7) is 2.49. The van der Waals surface area contributed by atoms with E-state index < -0.39 is 0 Å². The van der Waals surface area contributed by atoms with Crippen molar-refractivity contribution in [1.29, 1.82) is 0 Å². The number of aliphatic hydroxyl groups excluding tert-OH is 1. The van der Waals surface area contributed by atoms with Gasteiger partial charge in [-0.25, -0.2) is 4.98 Å². The molecular formula is C9H12N2OS. The fourth-order valence-corrected chi connectivity index (χ4v) is 2.86. The molecule has 1 N–H and O–H groups in total. The van der Waals surface area contributed by atoms with Crippen LogP contribution in [0.5, 0.6) is 0 Å². The van der Waals surface area contributed by atoms with Gasteiger partial charge in [-0.1, -0.05) is 11.3 Å². The van der Waals surface area contributed by atoms with Crippen LogP contribution in [-0.4, -0.2) is 23.2 Å². The summed E-state index contributed by atoms with van der Waals surface area (Å²) < 4.78 is 0. The highest BCUT2D eigenvalue weighted by Crippen LogP contribution is 2.46. The molecule has 3 rings (SSSR count). The Hall–Kier alpha value is -0.610. The van der Waals surface area contributed by atoms with Gasteiger partial charge < -0.3 is 10.0 Å². The average molecular weight is 196 g/mol. The molecule has 4 heteroatoms. The Morgan fingerprint density at radius 2 is 2.31 bits per heavy atom. The minimum Gasteiger partial charge on any atom is -0.391 e. The fraction of sp³-hybridized carbons (Fsp3) is 0.667. The first-order valence-corrected chi connectivity index (χ1v) is 5.49. The molecule has 70 valence electrons. The number of anilines is 1. The Labute approximate surface area is 81.0 Å². The van der Waals surface area contributed by atoms with Gasteiger partial charge in [0, 0.05) is 19.3 Å². The number of hydrogen-bond acceptors (Lipinski definition) is 4. The standard InChI is InChI=1S/C9H12N2OS/c12-5-8-2-10-9(13-8)11-3-6-1-7(6)4-11/h2,6-7,12H,1,3-5H2. The maximum atomic E-state index is 8.91. The van der Waals surface area contributed by atoms with Crippen LogP contribution in [0.1, 0.15) is 11.3 Å². The van der Waals surface area contributed by atoms with Crippen LogP contribution in [-0.2, 0) is 6.61 Å². The van der Waals surface area contributed by atoms with Gasteiger partial charge in [0.1, 0.15) is 0 Å². The van der Waals surface area contributed by atoms with E-state index in [4.69, 9.17) is 5.11 Å². The van der Waals surface area contributed by atoms with Crippen molar-refractivity contribution in [2.24, 2.45) is 11.8 Å². The van der Waals surface area contributed by atoms with Crippen LogP contribution in [0.4, 0.5) is 5.13 Å². The van der Waals surface area contributed by atoms with E-state index in [9.17, 15) is 0 Å². The Kier molecular flexibility index (Phi) is 1.60. The quantitative estimate of drug-likeness (QED) is 0.769. The summed E-state index contributed by atoms with van der Waals surface area (Å²) in [7, 11) is 0. The van der Waals surface area contributed by atoms with Crippen molar-refractivity contribution in [1.82, 2.24) is 4.98 Å². The zero-order valence-electron chi connectivity index (χ0n) is 7.31. The molecule has 0 aromatic carbocycles. The molecule has 2 aliphatic rings. The second-order valence-electron chi connectivity index (χ2n) is 3.93. The zero-order valence-corrected chi connectivity index (χ0v) is 8.13. The topological polar surface area (TPSA) is 36.4 Å². The van der Waals surface area contributed by atoms with E-state index in [0.717, 1.165) is 21.8 Å². The summed E-state index contributed by atoms with van der Waals surface area (Å²) in [5.74, 6) is 1.89. The summed E-state index contributed by atoms with van der Waals surface area (Å²) in [4.78, 5) is 7.63. The lowest BCUT2D eigenvalue weighted by Crippen LogP contribution is -2.21. The van der Waals surface area contributed by atoms with Crippen LogP contribution < -0.4 is 4.90 Å². The van der Waals surface area contributed by atoms with Crippen LogP contribution in [0.25, 0.3) is 0 Å². The van der Waals surface area contributed by atoms with Crippen molar-refractivity contribution in [3.63, 3.8) is 0 Å². The maximum Gasteiger partial charge on any atom is 0.185 e. The lowest BCUT2D eigenvalue weighted by molar-refractivity contribution is 0.285. The van der Waals surface area contributed by atoms with Crippen LogP contribution >= 0.6 is 11.3 Å². The average Bonchev–Trinajstić information content (AvgIpc) is 2.67. The third-order valence-electron chi connectivity index (χ3n) is 2.95. The second kappa shape index (κ2) is 2.69. The van der Waals surface area contributed by atoms with Crippen LogP contribution in [0.15, 0.2) is 6.20 Å². The number of piperidine rings is 1. The van der Waals surface area contributed by atoms with Crippen molar-refractivity contribution < 1.29 is 5.11 Å². The predicted molar refractivity (Wildman–Crippen MR) is 51.8 cm³/mol. The van der Waals surface area contributed by atoms with Gasteiger partial charge in [-0.2, -0.15) is 0 Å². The first-order valence-electron chi connectivity index (χ1n) is 4.67. The third kappa shape index (κ3) is 1.25. The number of hydrogen-bond donors (Lipinski definition) is 1. The largest absolute Gasteiger partial charge is 0.391 e.